The molecule has 0 unspecified atom stereocenters. The van der Waals surface area contributed by atoms with E-state index in [1.165, 1.54) is 5.56 Å². The van der Waals surface area contributed by atoms with Crippen molar-refractivity contribution in [1.82, 2.24) is 25.0 Å². The molecule has 2 aromatic rings. The van der Waals surface area contributed by atoms with Crippen LogP contribution >= 0.6 is 39.9 Å². The van der Waals surface area contributed by atoms with Gasteiger partial charge in [0.05, 0.1) is 0 Å². The fraction of sp³-hybridized carbons (Fsp3) is 0.438. The first-order valence-electron chi connectivity index (χ1n) is 7.67. The fourth-order valence-electron chi connectivity index (χ4n) is 2.37. The Kier molecular flexibility index (Phi) is 9.27. The fourth-order valence-corrected chi connectivity index (χ4v) is 2.78. The van der Waals surface area contributed by atoms with Crippen LogP contribution in [0.1, 0.15) is 18.3 Å². The van der Waals surface area contributed by atoms with Gasteiger partial charge in [-0.2, -0.15) is 0 Å². The van der Waals surface area contributed by atoms with Gasteiger partial charge in [-0.05, 0) is 11.6 Å². The van der Waals surface area contributed by atoms with Gasteiger partial charge in [-0.25, -0.2) is 0 Å². The standard InChI is InChI=1S/C16H23BrN6.HI/c1-4-15-21-20-12-23(15)10-9-19-16(18-2)22(3)11-13-7-5-6-8-14(13)17;/h5-8,12H,4,9-11H2,1-3H3,(H,18,19);1H. The SMILES string of the molecule is CCc1nncn1CCNC(=NC)N(C)Cc1ccccc1Br.I. The van der Waals surface area contributed by atoms with Crippen molar-refractivity contribution in [3.8, 4) is 0 Å². The third-order valence-electron chi connectivity index (χ3n) is 3.59. The number of nitrogens with zero attached hydrogens (tertiary/aromatic N) is 5. The topological polar surface area (TPSA) is 58.3 Å². The maximum Gasteiger partial charge on any atom is 0.193 e. The highest BCUT2D eigenvalue weighted by atomic mass is 127. The van der Waals surface area contributed by atoms with Crippen LogP contribution in [-0.4, -0.2) is 46.3 Å². The molecule has 0 saturated carbocycles. The van der Waals surface area contributed by atoms with Gasteiger partial charge in [0, 0.05) is 44.6 Å². The molecule has 0 radical (unpaired) electrons. The van der Waals surface area contributed by atoms with Crippen LogP contribution in [0, 0.1) is 0 Å². The minimum Gasteiger partial charge on any atom is -0.354 e. The summed E-state index contributed by atoms with van der Waals surface area (Å²) in [5, 5.41) is 11.4. The lowest BCUT2D eigenvalue weighted by atomic mass is 10.2. The van der Waals surface area contributed by atoms with E-state index in [9.17, 15) is 0 Å². The Morgan fingerprint density at radius 2 is 2.12 bits per heavy atom. The summed E-state index contributed by atoms with van der Waals surface area (Å²) in [7, 11) is 3.83. The molecule has 132 valence electrons. The Balaban J connectivity index is 0.00000288. The maximum absolute atomic E-state index is 4.35. The average Bonchev–Trinajstić information content (AvgIpc) is 3.01. The van der Waals surface area contributed by atoms with E-state index in [-0.39, 0.29) is 24.0 Å². The van der Waals surface area contributed by atoms with Gasteiger partial charge in [0.2, 0.25) is 0 Å². The monoisotopic (exact) mass is 506 g/mol. The third kappa shape index (κ3) is 5.73. The zero-order valence-electron chi connectivity index (χ0n) is 14.2. The summed E-state index contributed by atoms with van der Waals surface area (Å²) in [4.78, 5) is 6.46. The Labute approximate surface area is 168 Å². The van der Waals surface area contributed by atoms with Crippen LogP contribution < -0.4 is 5.32 Å². The van der Waals surface area contributed by atoms with Crippen molar-refractivity contribution < 1.29 is 0 Å². The highest BCUT2D eigenvalue weighted by Gasteiger charge is 2.08. The van der Waals surface area contributed by atoms with Crippen LogP contribution in [0.5, 0.6) is 0 Å². The molecule has 0 fully saturated rings. The van der Waals surface area contributed by atoms with Crippen molar-refractivity contribution in [3.63, 3.8) is 0 Å². The Morgan fingerprint density at radius 1 is 1.38 bits per heavy atom. The molecule has 1 N–H and O–H groups in total. The van der Waals surface area contributed by atoms with E-state index < -0.39 is 0 Å². The van der Waals surface area contributed by atoms with Gasteiger partial charge in [0.15, 0.2) is 5.96 Å². The second kappa shape index (κ2) is 10.7. The van der Waals surface area contributed by atoms with Crippen molar-refractivity contribution >= 4 is 45.9 Å². The van der Waals surface area contributed by atoms with E-state index in [0.717, 1.165) is 42.3 Å². The van der Waals surface area contributed by atoms with Crippen LogP contribution in [0.4, 0.5) is 0 Å². The summed E-state index contributed by atoms with van der Waals surface area (Å²) in [5.74, 6) is 1.87. The van der Waals surface area contributed by atoms with Crippen molar-refractivity contribution in [1.29, 1.82) is 0 Å². The first kappa shape index (κ1) is 20.9. The second-order valence-electron chi connectivity index (χ2n) is 5.22. The highest BCUT2D eigenvalue weighted by molar-refractivity contribution is 14.0. The molecule has 1 aromatic carbocycles. The number of hydrogen-bond donors (Lipinski definition) is 1. The summed E-state index contributed by atoms with van der Waals surface area (Å²) >= 11 is 3.59. The van der Waals surface area contributed by atoms with Gasteiger partial charge < -0.3 is 14.8 Å². The van der Waals surface area contributed by atoms with E-state index in [2.05, 4.69) is 65.0 Å². The Bertz CT molecular complexity index is 658. The lowest BCUT2D eigenvalue weighted by molar-refractivity contribution is 0.471. The van der Waals surface area contributed by atoms with Gasteiger partial charge in [-0.15, -0.1) is 34.2 Å². The summed E-state index contributed by atoms with van der Waals surface area (Å²) in [6.45, 7) is 4.46. The number of rotatable bonds is 6. The first-order chi connectivity index (χ1) is 11.2. The van der Waals surface area contributed by atoms with E-state index in [1.807, 2.05) is 19.2 Å². The smallest absolute Gasteiger partial charge is 0.193 e. The van der Waals surface area contributed by atoms with Crippen LogP contribution in [0.25, 0.3) is 0 Å². The highest BCUT2D eigenvalue weighted by Crippen LogP contribution is 2.17. The maximum atomic E-state index is 4.35. The van der Waals surface area contributed by atoms with Gasteiger partial charge in [0.1, 0.15) is 12.2 Å². The van der Waals surface area contributed by atoms with E-state index >= 15 is 0 Å². The molecule has 0 amide bonds. The normalized spacial score (nSPS) is 11.1. The van der Waals surface area contributed by atoms with Crippen molar-refractivity contribution in [2.75, 3.05) is 20.6 Å². The predicted octanol–water partition coefficient (Wildman–Crippen LogP) is 2.93. The molecule has 0 aliphatic heterocycles. The number of aryl methyl sites for hydroxylation is 1. The van der Waals surface area contributed by atoms with Crippen LogP contribution in [0.2, 0.25) is 0 Å². The average molecular weight is 507 g/mol. The molecular formula is C16H24BrIN6. The van der Waals surface area contributed by atoms with Crippen molar-refractivity contribution in [2.45, 2.75) is 26.4 Å². The Morgan fingerprint density at radius 3 is 2.79 bits per heavy atom. The third-order valence-corrected chi connectivity index (χ3v) is 4.36. The van der Waals surface area contributed by atoms with E-state index in [4.69, 9.17) is 0 Å². The molecule has 0 aliphatic rings. The van der Waals surface area contributed by atoms with E-state index in [1.54, 1.807) is 13.4 Å². The molecule has 0 saturated heterocycles. The van der Waals surface area contributed by atoms with Gasteiger partial charge >= 0.3 is 0 Å². The molecule has 1 heterocycles. The summed E-state index contributed by atoms with van der Waals surface area (Å²) < 4.78 is 3.17. The van der Waals surface area contributed by atoms with Crippen LogP contribution in [0.3, 0.4) is 0 Å². The molecule has 0 bridgehead atoms. The number of nitrogens with one attached hydrogen (secondary N) is 1. The molecule has 2 rings (SSSR count). The number of hydrogen-bond acceptors (Lipinski definition) is 3. The number of guanidine groups is 1. The van der Waals surface area contributed by atoms with Gasteiger partial charge in [-0.3, -0.25) is 4.99 Å². The van der Waals surface area contributed by atoms with Crippen molar-refractivity contribution in [2.24, 2.45) is 4.99 Å². The Hall–Kier alpha value is -1.16. The molecular weight excluding hydrogens is 483 g/mol. The molecule has 6 nitrogen and oxygen atoms in total. The molecule has 0 atom stereocenters. The van der Waals surface area contributed by atoms with Gasteiger partial charge in [-0.1, -0.05) is 41.1 Å². The minimum absolute atomic E-state index is 0. The molecule has 8 heteroatoms. The quantitative estimate of drug-likeness (QED) is 0.372. The van der Waals surface area contributed by atoms with Crippen LogP contribution in [0.15, 0.2) is 40.1 Å². The van der Waals surface area contributed by atoms with Crippen molar-refractivity contribution in [3.05, 3.63) is 46.5 Å². The lowest BCUT2D eigenvalue weighted by Crippen LogP contribution is -2.40. The zero-order chi connectivity index (χ0) is 16.7. The first-order valence-corrected chi connectivity index (χ1v) is 8.46. The van der Waals surface area contributed by atoms with Crippen LogP contribution in [-0.2, 0) is 19.5 Å². The molecule has 1 aromatic heterocycles. The number of aromatic nitrogens is 3. The second-order valence-corrected chi connectivity index (χ2v) is 6.07. The van der Waals surface area contributed by atoms with Gasteiger partial charge in [0.25, 0.3) is 0 Å². The predicted molar refractivity (Wildman–Crippen MR) is 112 cm³/mol. The number of halogens is 2. The number of benzene rings is 1. The lowest BCUT2D eigenvalue weighted by Gasteiger charge is -2.23. The summed E-state index contributed by atoms with van der Waals surface area (Å²) in [5.41, 5.74) is 1.23. The molecule has 0 spiro atoms. The summed E-state index contributed by atoms with van der Waals surface area (Å²) in [6, 6.07) is 8.23. The largest absolute Gasteiger partial charge is 0.354 e. The minimum atomic E-state index is 0. The zero-order valence-corrected chi connectivity index (χ0v) is 18.2. The number of aliphatic imine (C=N–C) groups is 1. The summed E-state index contributed by atoms with van der Waals surface area (Å²) in [6.07, 6.45) is 2.66. The molecule has 24 heavy (non-hydrogen) atoms. The molecule has 0 aliphatic carbocycles. The van der Waals surface area contributed by atoms with E-state index in [0.29, 0.717) is 0 Å².